The van der Waals surface area contributed by atoms with Crippen molar-refractivity contribution in [3.05, 3.63) is 58.7 Å². The summed E-state index contributed by atoms with van der Waals surface area (Å²) in [6.07, 6.45) is 5.89. The zero-order valence-corrected chi connectivity index (χ0v) is 32.8. The molecular weight excluding hydrogens is 714 g/mol. The van der Waals surface area contributed by atoms with Crippen LogP contribution in [-0.2, 0) is 36.6 Å². The second kappa shape index (κ2) is 20.2. The van der Waals surface area contributed by atoms with Crippen LogP contribution in [0.2, 0.25) is 0 Å². The first-order valence-electron chi connectivity index (χ1n) is 20.3. The number of urea groups is 1. The second-order valence-electron chi connectivity index (χ2n) is 15.6. The Morgan fingerprint density at radius 2 is 1.52 bits per heavy atom. The van der Waals surface area contributed by atoms with Crippen LogP contribution in [-0.4, -0.2) is 132 Å². The number of fused-ring (bicyclic) bond motifs is 1. The maximum atomic E-state index is 14.2. The average molecular weight is 778 g/mol. The van der Waals surface area contributed by atoms with E-state index in [2.05, 4.69) is 17.1 Å². The molecule has 56 heavy (non-hydrogen) atoms. The van der Waals surface area contributed by atoms with Crippen molar-refractivity contribution in [1.29, 1.82) is 0 Å². The number of anilines is 1. The van der Waals surface area contributed by atoms with Crippen molar-refractivity contribution in [2.75, 3.05) is 64.3 Å². The third kappa shape index (κ3) is 10.9. The molecule has 0 unspecified atom stereocenters. The molecule has 4 heterocycles. The summed E-state index contributed by atoms with van der Waals surface area (Å²) in [7, 11) is 0. The van der Waals surface area contributed by atoms with E-state index in [4.69, 9.17) is 14.2 Å². The molecule has 0 saturated carbocycles. The van der Waals surface area contributed by atoms with Crippen LogP contribution in [0.1, 0.15) is 88.0 Å². The highest BCUT2D eigenvalue weighted by molar-refractivity contribution is 5.91. The van der Waals surface area contributed by atoms with Crippen molar-refractivity contribution in [3.8, 4) is 5.75 Å². The summed E-state index contributed by atoms with van der Waals surface area (Å²) in [6.45, 7) is 10.5. The van der Waals surface area contributed by atoms with Gasteiger partial charge in [-0.15, -0.1) is 0 Å². The molecule has 0 bridgehead atoms. The lowest BCUT2D eigenvalue weighted by atomic mass is 9.97. The van der Waals surface area contributed by atoms with Gasteiger partial charge in [-0.3, -0.25) is 4.79 Å². The number of hydrogen-bond acceptors (Lipinski definition) is 9. The third-order valence-electron chi connectivity index (χ3n) is 11.8. The van der Waals surface area contributed by atoms with Gasteiger partial charge < -0.3 is 44.2 Å². The summed E-state index contributed by atoms with van der Waals surface area (Å²) in [5.41, 5.74) is 4.19. The Balaban J connectivity index is 0.00000600. The van der Waals surface area contributed by atoms with Crippen LogP contribution < -0.4 is 5.32 Å². The molecule has 3 fully saturated rings. The fourth-order valence-corrected chi connectivity index (χ4v) is 8.47. The van der Waals surface area contributed by atoms with Crippen LogP contribution in [0.5, 0.6) is 5.75 Å². The number of amides is 4. The molecule has 0 spiro atoms. The molecule has 2 N–H and O–H groups in total. The fourth-order valence-electron chi connectivity index (χ4n) is 8.47. The van der Waals surface area contributed by atoms with Gasteiger partial charge in [0, 0.05) is 70.0 Å². The van der Waals surface area contributed by atoms with Crippen LogP contribution in [0.15, 0.2) is 36.4 Å². The Morgan fingerprint density at radius 3 is 2.20 bits per heavy atom. The molecule has 0 aromatic heterocycles. The molecule has 308 valence electrons. The first-order valence-corrected chi connectivity index (χ1v) is 20.3. The van der Waals surface area contributed by atoms with Crippen LogP contribution in [0, 0.1) is 13.8 Å². The fraction of sp³-hybridized carbons (Fsp3) is 0.628. The average Bonchev–Trinajstić information content (AvgIpc) is 3.37. The molecule has 4 aliphatic heterocycles. The van der Waals surface area contributed by atoms with Crippen LogP contribution in [0.4, 0.5) is 15.3 Å². The highest BCUT2D eigenvalue weighted by atomic mass is 16.6. The van der Waals surface area contributed by atoms with Gasteiger partial charge in [-0.2, -0.15) is 0 Å². The first-order chi connectivity index (χ1) is 26.6. The van der Waals surface area contributed by atoms with Crippen LogP contribution >= 0.6 is 0 Å². The van der Waals surface area contributed by atoms with Gasteiger partial charge in [-0.1, -0.05) is 51.1 Å². The van der Waals surface area contributed by atoms with Crippen molar-refractivity contribution in [2.24, 2.45) is 0 Å². The molecule has 1 atom stereocenters. The number of carbonyl (C=O) groups is 4. The summed E-state index contributed by atoms with van der Waals surface area (Å²) < 4.78 is 17.2. The van der Waals surface area contributed by atoms with Crippen molar-refractivity contribution in [2.45, 2.75) is 117 Å². The number of phenols is 1. The highest BCUT2D eigenvalue weighted by Gasteiger charge is 2.37. The Hall–Kier alpha value is -4.36. The molecule has 0 aliphatic carbocycles. The van der Waals surface area contributed by atoms with Gasteiger partial charge >= 0.3 is 18.1 Å². The Labute approximate surface area is 332 Å². The lowest BCUT2D eigenvalue weighted by Gasteiger charge is -2.42. The van der Waals surface area contributed by atoms with E-state index in [9.17, 15) is 24.3 Å². The number of unbranched alkanes of at least 4 members (excludes halogenated alkanes) is 1. The molecular formula is C43H63N5O8. The number of carbonyl (C=O) groups excluding carboxylic acids is 4. The largest absolute Gasteiger partial charge is 0.507 e. The van der Waals surface area contributed by atoms with Crippen molar-refractivity contribution in [1.82, 2.24) is 19.6 Å². The summed E-state index contributed by atoms with van der Waals surface area (Å²) in [5.74, 6) is -0.289. The van der Waals surface area contributed by atoms with E-state index in [1.54, 1.807) is 4.90 Å². The molecule has 4 amide bonds. The van der Waals surface area contributed by atoms with E-state index in [1.165, 1.54) is 0 Å². The number of phenolic OH excluding ortho intramolecular Hbond substituents is 1. The molecule has 3 saturated heterocycles. The normalized spacial score (nSPS) is 19.3. The number of nitrogens with zero attached hydrogens (tertiary/aromatic N) is 4. The standard InChI is InChI=1S/C42H59N5O8.CH4/c1-4-5-24-53-38(48)28-54-35-15-21-44(22-16-35)33-11-17-45(18-12-33)40(50)37(27-31-25-29(2)39(49)30(3)26-31)55-42(52)46-19-13-34(14-20-46)47-23-10-32-8-6-7-9-36(32)43-41(47)51;/h6-9,25-26,33-35,37,49H,4-5,10-24,27-28H2,1-3H3,(H,43,51);1H4/t37-;/m1./s1. The number of hydrogen-bond donors (Lipinski definition) is 2. The topological polar surface area (TPSA) is 141 Å². The van der Waals surface area contributed by atoms with E-state index < -0.39 is 12.2 Å². The van der Waals surface area contributed by atoms with E-state index in [0.29, 0.717) is 69.3 Å². The molecule has 2 aromatic rings. The van der Waals surface area contributed by atoms with E-state index >= 15 is 0 Å². The minimum atomic E-state index is -1.01. The zero-order chi connectivity index (χ0) is 38.9. The number of piperidine rings is 3. The minimum absolute atomic E-state index is 0. The number of para-hydroxylation sites is 1. The van der Waals surface area contributed by atoms with Crippen LogP contribution in [0.25, 0.3) is 0 Å². The Kier molecular flexibility index (Phi) is 15.4. The molecule has 6 rings (SSSR count). The number of aryl methyl sites for hydroxylation is 2. The quantitative estimate of drug-likeness (QED) is 0.194. The van der Waals surface area contributed by atoms with Crippen LogP contribution in [0.3, 0.4) is 0 Å². The van der Waals surface area contributed by atoms with Crippen molar-refractivity contribution >= 4 is 29.7 Å². The summed E-state index contributed by atoms with van der Waals surface area (Å²) >= 11 is 0. The van der Waals surface area contributed by atoms with Gasteiger partial charge in [0.25, 0.3) is 5.91 Å². The number of benzene rings is 2. The van der Waals surface area contributed by atoms with Crippen molar-refractivity contribution < 1.29 is 38.5 Å². The molecule has 4 aliphatic rings. The number of esters is 1. The van der Waals surface area contributed by atoms with E-state index in [0.717, 1.165) is 74.8 Å². The van der Waals surface area contributed by atoms with Gasteiger partial charge in [-0.25, -0.2) is 14.4 Å². The number of ether oxygens (including phenoxy) is 3. The Bertz CT molecular complexity index is 1620. The molecule has 13 heteroatoms. The lowest BCUT2D eigenvalue weighted by Crippen LogP contribution is -2.53. The number of nitrogens with one attached hydrogen (secondary N) is 1. The molecule has 0 radical (unpaired) electrons. The predicted octanol–water partition coefficient (Wildman–Crippen LogP) is 6.06. The number of likely N-dealkylation sites (tertiary alicyclic amines) is 3. The summed E-state index contributed by atoms with van der Waals surface area (Å²) in [6, 6.07) is 11.8. The molecule has 13 nitrogen and oxygen atoms in total. The van der Waals surface area contributed by atoms with Crippen molar-refractivity contribution in [3.63, 3.8) is 0 Å². The lowest BCUT2D eigenvalue weighted by molar-refractivity contribution is -0.152. The number of rotatable bonds is 12. The third-order valence-corrected chi connectivity index (χ3v) is 11.8. The Morgan fingerprint density at radius 1 is 0.875 bits per heavy atom. The highest BCUT2D eigenvalue weighted by Crippen LogP contribution is 2.28. The zero-order valence-electron chi connectivity index (χ0n) is 32.8. The van der Waals surface area contributed by atoms with Gasteiger partial charge in [0.2, 0.25) is 0 Å². The van der Waals surface area contributed by atoms with Gasteiger partial charge in [0.1, 0.15) is 12.4 Å². The van der Waals surface area contributed by atoms with E-state index in [-0.39, 0.29) is 56.3 Å². The van der Waals surface area contributed by atoms with Gasteiger partial charge in [0.05, 0.1) is 12.7 Å². The monoisotopic (exact) mass is 777 g/mol. The predicted molar refractivity (Wildman–Crippen MR) is 215 cm³/mol. The molecule has 2 aromatic carbocycles. The van der Waals surface area contributed by atoms with E-state index in [1.807, 2.05) is 60.0 Å². The number of aromatic hydroxyl groups is 1. The van der Waals surface area contributed by atoms with Gasteiger partial charge in [-0.05, 0) is 93.5 Å². The van der Waals surface area contributed by atoms with Gasteiger partial charge in [0.15, 0.2) is 6.10 Å². The second-order valence-corrected chi connectivity index (χ2v) is 15.6. The SMILES string of the molecule is C.CCCCOC(=O)COC1CCN(C2CCN(C(=O)[C@@H](Cc3cc(C)c(O)c(C)c3)OC(=O)N3CCC(N4CCc5ccccc5NC4=O)CC3)CC2)CC1. The summed E-state index contributed by atoms with van der Waals surface area (Å²) in [5, 5.41) is 13.4. The first kappa shape index (κ1) is 42.8. The summed E-state index contributed by atoms with van der Waals surface area (Å²) in [4.78, 5) is 60.8. The smallest absolute Gasteiger partial charge is 0.410 e. The maximum Gasteiger partial charge on any atom is 0.410 e. The minimum Gasteiger partial charge on any atom is -0.507 e. The maximum absolute atomic E-state index is 14.2.